The number of anilines is 1. The van der Waals surface area contributed by atoms with E-state index < -0.39 is 10.0 Å². The third-order valence-electron chi connectivity index (χ3n) is 4.43. The van der Waals surface area contributed by atoms with Gasteiger partial charge in [-0.2, -0.15) is 0 Å². The molecule has 0 spiro atoms. The van der Waals surface area contributed by atoms with E-state index in [1.807, 2.05) is 6.92 Å². The first kappa shape index (κ1) is 20.5. The number of carbonyl (C=O) groups is 1. The molecule has 0 bridgehead atoms. The summed E-state index contributed by atoms with van der Waals surface area (Å²) < 4.78 is 41.2. The molecule has 0 unspecified atom stereocenters. The monoisotopic (exact) mass is 412 g/mol. The predicted octanol–water partition coefficient (Wildman–Crippen LogP) is 4.21. The van der Waals surface area contributed by atoms with Crippen molar-refractivity contribution in [2.45, 2.75) is 18.4 Å². The van der Waals surface area contributed by atoms with Gasteiger partial charge in [-0.15, -0.1) is 0 Å². The molecule has 0 atom stereocenters. The Kier molecular flexibility index (Phi) is 5.98. The molecule has 29 heavy (non-hydrogen) atoms. The molecule has 150 valence electrons. The molecule has 3 aromatic carbocycles. The summed E-state index contributed by atoms with van der Waals surface area (Å²) in [6.07, 6.45) is 0. The molecular formula is C22H21FN2O3S. The molecule has 0 heterocycles. The van der Waals surface area contributed by atoms with Gasteiger partial charge in [-0.3, -0.25) is 9.52 Å². The molecule has 7 heteroatoms. The van der Waals surface area contributed by atoms with Gasteiger partial charge >= 0.3 is 0 Å². The van der Waals surface area contributed by atoms with Crippen LogP contribution in [0.4, 0.5) is 10.1 Å². The van der Waals surface area contributed by atoms with E-state index in [1.165, 1.54) is 47.4 Å². The highest BCUT2D eigenvalue weighted by atomic mass is 32.2. The van der Waals surface area contributed by atoms with Crippen molar-refractivity contribution in [2.24, 2.45) is 0 Å². The van der Waals surface area contributed by atoms with E-state index in [-0.39, 0.29) is 23.2 Å². The maximum Gasteiger partial charge on any atom is 0.261 e. The number of hydrogen-bond acceptors (Lipinski definition) is 3. The number of nitrogens with one attached hydrogen (secondary N) is 1. The molecule has 3 rings (SSSR count). The minimum absolute atomic E-state index is 0.132. The van der Waals surface area contributed by atoms with E-state index in [1.54, 1.807) is 37.4 Å². The first-order chi connectivity index (χ1) is 13.8. The third-order valence-corrected chi connectivity index (χ3v) is 5.82. The van der Waals surface area contributed by atoms with Crippen molar-refractivity contribution in [1.82, 2.24) is 4.90 Å². The van der Waals surface area contributed by atoms with Crippen LogP contribution in [0.5, 0.6) is 0 Å². The number of sulfonamides is 1. The second kappa shape index (κ2) is 8.45. The minimum Gasteiger partial charge on any atom is -0.337 e. The lowest BCUT2D eigenvalue weighted by molar-refractivity contribution is 0.0784. The molecule has 0 saturated carbocycles. The van der Waals surface area contributed by atoms with Crippen molar-refractivity contribution in [3.05, 3.63) is 95.3 Å². The molecule has 0 radical (unpaired) electrons. The Morgan fingerprint density at radius 1 is 0.966 bits per heavy atom. The highest BCUT2D eigenvalue weighted by Crippen LogP contribution is 2.18. The van der Waals surface area contributed by atoms with Gasteiger partial charge in [0.15, 0.2) is 0 Å². The first-order valence-corrected chi connectivity index (χ1v) is 10.4. The van der Waals surface area contributed by atoms with Crippen molar-refractivity contribution in [3.8, 4) is 0 Å². The maximum absolute atomic E-state index is 13.8. The van der Waals surface area contributed by atoms with E-state index in [4.69, 9.17) is 0 Å². The molecule has 1 amide bonds. The zero-order chi connectivity index (χ0) is 21.0. The second-order valence-electron chi connectivity index (χ2n) is 6.75. The summed E-state index contributed by atoms with van der Waals surface area (Å²) in [7, 11) is -2.13. The van der Waals surface area contributed by atoms with Gasteiger partial charge in [0.1, 0.15) is 5.82 Å². The predicted molar refractivity (Wildman–Crippen MR) is 111 cm³/mol. The molecule has 1 N–H and O–H groups in total. The van der Waals surface area contributed by atoms with Crippen LogP contribution in [-0.2, 0) is 16.6 Å². The van der Waals surface area contributed by atoms with Crippen LogP contribution >= 0.6 is 0 Å². The van der Waals surface area contributed by atoms with Crippen LogP contribution in [0.25, 0.3) is 0 Å². The van der Waals surface area contributed by atoms with Crippen LogP contribution in [-0.4, -0.2) is 26.3 Å². The Bertz CT molecular complexity index is 1110. The number of halogens is 1. The fourth-order valence-corrected chi connectivity index (χ4v) is 3.85. The lowest BCUT2D eigenvalue weighted by atomic mass is 10.1. The summed E-state index contributed by atoms with van der Waals surface area (Å²) in [5, 5.41) is 0. The van der Waals surface area contributed by atoms with Crippen LogP contribution in [0.1, 0.15) is 21.5 Å². The Morgan fingerprint density at radius 2 is 1.59 bits per heavy atom. The smallest absolute Gasteiger partial charge is 0.261 e. The molecule has 0 aliphatic rings. The van der Waals surface area contributed by atoms with E-state index >= 15 is 0 Å². The highest BCUT2D eigenvalue weighted by Gasteiger charge is 2.16. The molecule has 5 nitrogen and oxygen atoms in total. The van der Waals surface area contributed by atoms with Crippen molar-refractivity contribution >= 4 is 21.6 Å². The Labute approximate surface area is 169 Å². The van der Waals surface area contributed by atoms with Crippen molar-refractivity contribution in [1.29, 1.82) is 0 Å². The molecule has 0 saturated heterocycles. The zero-order valence-corrected chi connectivity index (χ0v) is 16.9. The van der Waals surface area contributed by atoms with E-state index in [0.29, 0.717) is 16.8 Å². The summed E-state index contributed by atoms with van der Waals surface area (Å²) in [6.45, 7) is 2.01. The minimum atomic E-state index is -3.71. The number of rotatable bonds is 6. The zero-order valence-electron chi connectivity index (χ0n) is 16.1. The number of carbonyl (C=O) groups excluding carboxylic acids is 1. The Balaban J connectivity index is 1.70. The van der Waals surface area contributed by atoms with Gasteiger partial charge < -0.3 is 4.90 Å². The Hall–Kier alpha value is -3.19. The molecule has 0 aliphatic heterocycles. The standard InChI is InChI=1S/C22H21FN2O3S/c1-16-7-13-20(14-8-16)29(27,28)24-19-11-9-17(10-12-19)22(26)25(2)15-18-5-3-4-6-21(18)23/h3-14,24H,15H2,1-2H3. The molecule has 3 aromatic rings. The largest absolute Gasteiger partial charge is 0.337 e. The number of aryl methyl sites for hydroxylation is 1. The van der Waals surface area contributed by atoms with Gasteiger partial charge in [-0.1, -0.05) is 35.9 Å². The average Bonchev–Trinajstić information content (AvgIpc) is 2.70. The lowest BCUT2D eigenvalue weighted by Gasteiger charge is -2.18. The summed E-state index contributed by atoms with van der Waals surface area (Å²) in [5.41, 5.74) is 2.11. The van der Waals surface area contributed by atoms with Crippen LogP contribution in [0, 0.1) is 12.7 Å². The second-order valence-corrected chi connectivity index (χ2v) is 8.43. The normalized spacial score (nSPS) is 11.1. The lowest BCUT2D eigenvalue weighted by Crippen LogP contribution is -2.26. The van der Waals surface area contributed by atoms with Crippen LogP contribution < -0.4 is 4.72 Å². The fraction of sp³-hybridized carbons (Fsp3) is 0.136. The first-order valence-electron chi connectivity index (χ1n) is 8.95. The van der Waals surface area contributed by atoms with Crippen LogP contribution in [0.15, 0.2) is 77.7 Å². The summed E-state index contributed by atoms with van der Waals surface area (Å²) in [5.74, 6) is -0.658. The molecular weight excluding hydrogens is 391 g/mol. The number of hydrogen-bond donors (Lipinski definition) is 1. The fourth-order valence-electron chi connectivity index (χ4n) is 2.79. The van der Waals surface area contributed by atoms with Gasteiger partial charge in [0.05, 0.1) is 4.90 Å². The molecule has 0 aromatic heterocycles. The maximum atomic E-state index is 13.8. The third kappa shape index (κ3) is 5.00. The van der Waals surface area contributed by atoms with Crippen molar-refractivity contribution < 1.29 is 17.6 Å². The summed E-state index contributed by atoms with van der Waals surface area (Å²) in [4.78, 5) is 14.1. The number of amides is 1. The quantitative estimate of drug-likeness (QED) is 0.660. The molecule has 0 fully saturated rings. The summed E-state index contributed by atoms with van der Waals surface area (Å²) in [6, 6.07) is 18.9. The van der Waals surface area contributed by atoms with Crippen molar-refractivity contribution in [2.75, 3.05) is 11.8 Å². The van der Waals surface area contributed by atoms with Crippen molar-refractivity contribution in [3.63, 3.8) is 0 Å². The topological polar surface area (TPSA) is 66.5 Å². The molecule has 0 aliphatic carbocycles. The van der Waals surface area contributed by atoms with Crippen LogP contribution in [0.3, 0.4) is 0 Å². The highest BCUT2D eigenvalue weighted by molar-refractivity contribution is 7.92. The van der Waals surface area contributed by atoms with Gasteiger partial charge in [0.25, 0.3) is 15.9 Å². The van der Waals surface area contributed by atoms with Gasteiger partial charge in [-0.25, -0.2) is 12.8 Å². The van der Waals surface area contributed by atoms with Gasteiger partial charge in [0.2, 0.25) is 0 Å². The van der Waals surface area contributed by atoms with Gasteiger partial charge in [-0.05, 0) is 49.4 Å². The van der Waals surface area contributed by atoms with Crippen LogP contribution in [0.2, 0.25) is 0 Å². The Morgan fingerprint density at radius 3 is 2.21 bits per heavy atom. The van der Waals surface area contributed by atoms with E-state index in [9.17, 15) is 17.6 Å². The van der Waals surface area contributed by atoms with E-state index in [2.05, 4.69) is 4.72 Å². The van der Waals surface area contributed by atoms with E-state index in [0.717, 1.165) is 5.56 Å². The summed E-state index contributed by atoms with van der Waals surface area (Å²) >= 11 is 0. The SMILES string of the molecule is Cc1ccc(S(=O)(=O)Nc2ccc(C(=O)N(C)Cc3ccccc3F)cc2)cc1. The number of nitrogens with zero attached hydrogens (tertiary/aromatic N) is 1. The average molecular weight is 412 g/mol. The van der Waals surface area contributed by atoms with Gasteiger partial charge in [0, 0.05) is 30.4 Å². The number of benzene rings is 3.